The molecule has 0 fully saturated rings. The van der Waals surface area contributed by atoms with Crippen LogP contribution in [0.25, 0.3) is 16.9 Å². The van der Waals surface area contributed by atoms with Crippen molar-refractivity contribution in [2.75, 3.05) is 7.11 Å². The molecular formula is C26H24N4O3. The molecule has 1 atom stereocenters. The highest BCUT2D eigenvalue weighted by molar-refractivity contribution is 6.07. The molecule has 0 bridgehead atoms. The van der Waals surface area contributed by atoms with Gasteiger partial charge >= 0.3 is 0 Å². The lowest BCUT2D eigenvalue weighted by Gasteiger charge is -2.18. The molecule has 4 aromatic rings. The number of hydrogen-bond acceptors (Lipinski definition) is 5. The molecule has 0 radical (unpaired) electrons. The number of hydrazone groups is 1. The second kappa shape index (κ2) is 8.78. The maximum Gasteiger partial charge on any atom is 0.243 e. The van der Waals surface area contributed by atoms with Crippen LogP contribution in [-0.2, 0) is 4.79 Å². The van der Waals surface area contributed by atoms with Gasteiger partial charge in [0.2, 0.25) is 5.91 Å². The quantitative estimate of drug-likeness (QED) is 0.412. The molecule has 0 spiro atoms. The van der Waals surface area contributed by atoms with Gasteiger partial charge in [-0.25, -0.2) is 9.69 Å². The molecule has 0 saturated heterocycles. The van der Waals surface area contributed by atoms with Crippen LogP contribution in [0.2, 0.25) is 0 Å². The van der Waals surface area contributed by atoms with Gasteiger partial charge in [-0.3, -0.25) is 4.79 Å². The van der Waals surface area contributed by atoms with Gasteiger partial charge < -0.3 is 9.15 Å². The van der Waals surface area contributed by atoms with E-state index in [9.17, 15) is 4.79 Å². The first kappa shape index (κ1) is 20.8. The fourth-order valence-electron chi connectivity index (χ4n) is 4.03. The van der Waals surface area contributed by atoms with Crippen LogP contribution in [0, 0.1) is 0 Å². The molecule has 3 heterocycles. The Balaban J connectivity index is 1.61. The number of furan rings is 1. The Kier molecular flexibility index (Phi) is 5.52. The number of carbonyl (C=O) groups excluding carboxylic acids is 1. The molecule has 2 aromatic heterocycles. The fraction of sp³-hybridized carbons (Fsp3) is 0.192. The third kappa shape index (κ3) is 3.93. The van der Waals surface area contributed by atoms with Gasteiger partial charge in [-0.05, 0) is 48.5 Å². The molecule has 0 unspecified atom stereocenters. The molecule has 166 valence electrons. The van der Waals surface area contributed by atoms with Gasteiger partial charge in [0.05, 0.1) is 24.8 Å². The molecule has 7 nitrogen and oxygen atoms in total. The van der Waals surface area contributed by atoms with E-state index in [0.717, 1.165) is 39.7 Å². The Bertz CT molecular complexity index is 1280. The molecule has 0 aliphatic carbocycles. The Morgan fingerprint density at radius 1 is 1.09 bits per heavy atom. The van der Waals surface area contributed by atoms with Gasteiger partial charge in [0.1, 0.15) is 23.2 Å². The molecular weight excluding hydrogens is 416 g/mol. The zero-order valence-electron chi connectivity index (χ0n) is 18.5. The minimum absolute atomic E-state index is 0.0483. The first-order valence-electron chi connectivity index (χ1n) is 10.9. The van der Waals surface area contributed by atoms with E-state index in [1.807, 2.05) is 84.5 Å². The number of methoxy groups -OCH3 is 1. The van der Waals surface area contributed by atoms with Crippen molar-refractivity contribution in [3.8, 4) is 22.7 Å². The number of para-hydroxylation sites is 1. The van der Waals surface area contributed by atoms with Crippen molar-refractivity contribution in [3.05, 3.63) is 90.5 Å². The monoisotopic (exact) mass is 440 g/mol. The lowest BCUT2D eigenvalue weighted by molar-refractivity contribution is -0.133. The van der Waals surface area contributed by atoms with Gasteiger partial charge in [-0.15, -0.1) is 0 Å². The Hall–Kier alpha value is -4.13. The summed E-state index contributed by atoms with van der Waals surface area (Å²) in [6, 6.07) is 21.2. The molecule has 1 aliphatic rings. The van der Waals surface area contributed by atoms with Crippen LogP contribution in [0.3, 0.4) is 0 Å². The van der Waals surface area contributed by atoms with Crippen LogP contribution in [0.15, 0.2) is 88.7 Å². The first-order valence-corrected chi connectivity index (χ1v) is 10.9. The number of nitrogens with zero attached hydrogens (tertiary/aromatic N) is 4. The zero-order chi connectivity index (χ0) is 22.8. The van der Waals surface area contributed by atoms with E-state index in [1.54, 1.807) is 18.4 Å². The predicted octanol–water partition coefficient (Wildman–Crippen LogP) is 5.23. The van der Waals surface area contributed by atoms with Crippen LogP contribution in [0.4, 0.5) is 0 Å². The van der Waals surface area contributed by atoms with E-state index in [2.05, 4.69) is 0 Å². The van der Waals surface area contributed by atoms with E-state index in [4.69, 9.17) is 19.4 Å². The summed E-state index contributed by atoms with van der Waals surface area (Å²) in [6.07, 6.45) is 4.51. The van der Waals surface area contributed by atoms with Gasteiger partial charge in [-0.2, -0.15) is 10.2 Å². The summed E-state index contributed by atoms with van der Waals surface area (Å²) in [4.78, 5) is 12.7. The topological polar surface area (TPSA) is 72.9 Å². The van der Waals surface area contributed by atoms with E-state index in [0.29, 0.717) is 12.8 Å². The molecule has 2 aromatic carbocycles. The average molecular weight is 441 g/mol. The summed E-state index contributed by atoms with van der Waals surface area (Å²) in [5.74, 6) is 1.45. The van der Waals surface area contributed by atoms with Gasteiger partial charge in [0, 0.05) is 30.2 Å². The molecule has 7 heteroatoms. The first-order chi connectivity index (χ1) is 16.2. The second-order valence-corrected chi connectivity index (χ2v) is 7.77. The normalized spacial score (nSPS) is 15.5. The van der Waals surface area contributed by atoms with Crippen LogP contribution in [0.1, 0.15) is 37.1 Å². The van der Waals surface area contributed by atoms with Gasteiger partial charge in [0.15, 0.2) is 0 Å². The smallest absolute Gasteiger partial charge is 0.243 e. The van der Waals surface area contributed by atoms with Gasteiger partial charge in [0.25, 0.3) is 0 Å². The number of hydrogen-bond donors (Lipinski definition) is 0. The highest BCUT2D eigenvalue weighted by atomic mass is 16.5. The summed E-state index contributed by atoms with van der Waals surface area (Å²) < 4.78 is 12.8. The van der Waals surface area contributed by atoms with E-state index < -0.39 is 0 Å². The fourth-order valence-corrected chi connectivity index (χ4v) is 4.03. The maximum absolute atomic E-state index is 12.7. The zero-order valence-corrected chi connectivity index (χ0v) is 18.5. The average Bonchev–Trinajstić information content (AvgIpc) is 3.63. The molecule has 0 N–H and O–H groups in total. The van der Waals surface area contributed by atoms with Crippen LogP contribution < -0.4 is 4.74 Å². The predicted molar refractivity (Wildman–Crippen MR) is 125 cm³/mol. The van der Waals surface area contributed by atoms with Crippen molar-refractivity contribution in [1.82, 2.24) is 14.8 Å². The van der Waals surface area contributed by atoms with Crippen molar-refractivity contribution < 1.29 is 13.9 Å². The SMILES string of the molecule is CCC(=O)N1N=C(c2cn(-c3ccccc3)nc2-c2ccc(OC)cc2)C[C@H]1c1ccco1. The van der Waals surface area contributed by atoms with E-state index in [-0.39, 0.29) is 11.9 Å². The van der Waals surface area contributed by atoms with E-state index >= 15 is 0 Å². The number of aromatic nitrogens is 2. The van der Waals surface area contributed by atoms with Crippen molar-refractivity contribution in [3.63, 3.8) is 0 Å². The summed E-state index contributed by atoms with van der Waals surface area (Å²) in [5, 5.41) is 11.2. The van der Waals surface area contributed by atoms with Crippen molar-refractivity contribution in [2.24, 2.45) is 5.10 Å². The summed E-state index contributed by atoms with van der Waals surface area (Å²) in [5.41, 5.74) is 4.36. The van der Waals surface area contributed by atoms with Crippen LogP contribution in [0.5, 0.6) is 5.75 Å². The summed E-state index contributed by atoms with van der Waals surface area (Å²) in [7, 11) is 1.64. The van der Waals surface area contributed by atoms with E-state index in [1.165, 1.54) is 0 Å². The largest absolute Gasteiger partial charge is 0.497 e. The highest BCUT2D eigenvalue weighted by Crippen LogP contribution is 2.36. The third-order valence-corrected chi connectivity index (χ3v) is 5.75. The number of ether oxygens (including phenoxy) is 1. The lowest BCUT2D eigenvalue weighted by Crippen LogP contribution is -2.25. The molecule has 5 rings (SSSR count). The molecule has 33 heavy (non-hydrogen) atoms. The van der Waals surface area contributed by atoms with Gasteiger partial charge in [-0.1, -0.05) is 25.1 Å². The Labute approximate surface area is 191 Å². The number of carbonyl (C=O) groups is 1. The minimum Gasteiger partial charge on any atom is -0.497 e. The molecule has 1 aliphatic heterocycles. The molecule has 1 amide bonds. The van der Waals surface area contributed by atoms with Crippen molar-refractivity contribution in [2.45, 2.75) is 25.8 Å². The lowest BCUT2D eigenvalue weighted by atomic mass is 10.00. The standard InChI is InChI=1S/C26H24N4O3/c1-3-25(31)30-23(24-10-7-15-33-24)16-22(27-30)21-17-29(19-8-5-4-6-9-19)28-26(21)18-11-13-20(32-2)14-12-18/h4-15,17,23H,3,16H2,1-2H3/t23-/m0/s1. The summed E-state index contributed by atoms with van der Waals surface area (Å²) >= 11 is 0. The number of rotatable bonds is 6. The second-order valence-electron chi connectivity index (χ2n) is 7.77. The summed E-state index contributed by atoms with van der Waals surface area (Å²) in [6.45, 7) is 1.84. The third-order valence-electron chi connectivity index (χ3n) is 5.75. The van der Waals surface area contributed by atoms with Crippen LogP contribution in [-0.4, -0.2) is 33.5 Å². The highest BCUT2D eigenvalue weighted by Gasteiger charge is 2.35. The van der Waals surface area contributed by atoms with Crippen molar-refractivity contribution >= 4 is 11.6 Å². The maximum atomic E-state index is 12.7. The molecule has 0 saturated carbocycles. The Morgan fingerprint density at radius 3 is 2.55 bits per heavy atom. The number of amides is 1. The number of benzene rings is 2. The van der Waals surface area contributed by atoms with Crippen molar-refractivity contribution in [1.29, 1.82) is 0 Å². The van der Waals surface area contributed by atoms with Crippen LogP contribution >= 0.6 is 0 Å². The Morgan fingerprint density at radius 2 is 1.88 bits per heavy atom. The minimum atomic E-state index is -0.272.